The Balaban J connectivity index is 0.000000179. The van der Waals surface area contributed by atoms with Crippen LogP contribution < -0.4 is 0 Å². The molecule has 8 aromatic heterocycles. The Hall–Kier alpha value is -7.10. The van der Waals surface area contributed by atoms with E-state index in [1.165, 1.54) is 0 Å². The second-order valence-corrected chi connectivity index (χ2v) is 12.4. The maximum atomic E-state index is 4.78. The Kier molecular flexibility index (Phi) is 13.2. The number of aryl methyl sites for hydroxylation is 1. The van der Waals surface area contributed by atoms with Gasteiger partial charge in [0.05, 0.1) is 45.2 Å². The normalized spacial score (nSPS) is 10.3. The third-order valence-corrected chi connectivity index (χ3v) is 8.84. The van der Waals surface area contributed by atoms with Crippen LogP contribution in [-0.2, 0) is 33.6 Å². The van der Waals surface area contributed by atoms with Crippen LogP contribution in [0.1, 0.15) is 11.4 Å². The third kappa shape index (κ3) is 9.24. The summed E-state index contributed by atoms with van der Waals surface area (Å²) in [7, 11) is 3.97. The van der Waals surface area contributed by atoms with Gasteiger partial charge in [0.2, 0.25) is 0 Å². The van der Waals surface area contributed by atoms with Crippen LogP contribution in [0.4, 0.5) is 0 Å². The minimum absolute atomic E-state index is 0. The molecule has 9 rings (SSSR count). The molecular formula is C46H38N10Ru. The number of fused-ring (bicyclic) bond motifs is 1. The summed E-state index contributed by atoms with van der Waals surface area (Å²) in [4.78, 5) is 35.4. The molecule has 0 N–H and O–H groups in total. The quantitative estimate of drug-likeness (QED) is 0.146. The van der Waals surface area contributed by atoms with Crippen molar-refractivity contribution in [3.05, 3.63) is 183 Å². The Morgan fingerprint density at radius 1 is 0.439 bits per heavy atom. The van der Waals surface area contributed by atoms with Gasteiger partial charge < -0.3 is 9.13 Å². The average molecular weight is 832 g/mol. The Morgan fingerprint density at radius 3 is 1.25 bits per heavy atom. The van der Waals surface area contributed by atoms with Crippen LogP contribution in [0.2, 0.25) is 0 Å². The molecule has 280 valence electrons. The largest absolute Gasteiger partial charge is 0.326 e. The molecule has 0 amide bonds. The monoisotopic (exact) mass is 832 g/mol. The number of benzene rings is 1. The number of hydrogen-bond donors (Lipinski definition) is 0. The summed E-state index contributed by atoms with van der Waals surface area (Å²) in [5.41, 5.74) is 11.1. The molecule has 11 heteroatoms. The van der Waals surface area contributed by atoms with Crippen LogP contribution in [0.5, 0.6) is 0 Å². The van der Waals surface area contributed by atoms with E-state index in [9.17, 15) is 0 Å². The molecule has 1 aromatic carbocycles. The molecule has 9 aromatic rings. The molecule has 0 radical (unpaired) electrons. The van der Waals surface area contributed by atoms with Gasteiger partial charge in [-0.3, -0.25) is 29.9 Å². The minimum atomic E-state index is 0. The number of imidazole rings is 2. The van der Waals surface area contributed by atoms with Crippen LogP contribution in [0.3, 0.4) is 0 Å². The van der Waals surface area contributed by atoms with Crippen LogP contribution in [0.15, 0.2) is 172 Å². The molecular weight excluding hydrogens is 794 g/mol. The maximum Gasteiger partial charge on any atom is 0.159 e. The molecule has 0 bridgehead atoms. The van der Waals surface area contributed by atoms with Gasteiger partial charge >= 0.3 is 0 Å². The first-order chi connectivity index (χ1) is 27.5. The number of hydrogen-bond acceptors (Lipinski definition) is 8. The van der Waals surface area contributed by atoms with Gasteiger partial charge in [0.15, 0.2) is 11.6 Å². The van der Waals surface area contributed by atoms with Gasteiger partial charge in [-0.15, -0.1) is 0 Å². The van der Waals surface area contributed by atoms with E-state index in [2.05, 4.69) is 59.8 Å². The van der Waals surface area contributed by atoms with E-state index in [0.717, 1.165) is 79.4 Å². The number of rotatable bonds is 7. The van der Waals surface area contributed by atoms with E-state index >= 15 is 0 Å². The molecule has 8 heterocycles. The first-order valence-corrected chi connectivity index (χ1v) is 17.8. The molecule has 57 heavy (non-hydrogen) atoms. The molecule has 0 saturated heterocycles. The number of para-hydroxylation sites is 2. The van der Waals surface area contributed by atoms with Gasteiger partial charge in [-0.25, -0.2) is 9.97 Å². The number of nitrogens with zero attached hydrogens (tertiary/aromatic N) is 10. The first kappa shape index (κ1) is 39.6. The fourth-order valence-electron chi connectivity index (χ4n) is 6.05. The molecule has 0 aliphatic heterocycles. The van der Waals surface area contributed by atoms with Crippen molar-refractivity contribution in [2.24, 2.45) is 14.1 Å². The number of pyridine rings is 6. The van der Waals surface area contributed by atoms with Crippen molar-refractivity contribution in [1.29, 1.82) is 0 Å². The molecule has 0 unspecified atom stereocenters. The van der Waals surface area contributed by atoms with Crippen molar-refractivity contribution >= 4 is 23.2 Å². The summed E-state index contributed by atoms with van der Waals surface area (Å²) in [5, 5.41) is 0. The molecule has 0 aliphatic carbocycles. The SMILES string of the molecule is C=Cc1nc(-c2cc(-c3ccnc(-c4nc5ccccc5n4C)c3)ccn2)n(C)c1C=C.[Ru].c1ccc(-c2ccccn2)nc1.c1ccc(-c2ccccn2)nc1. The molecule has 0 saturated carbocycles. The van der Waals surface area contributed by atoms with E-state index in [1.807, 2.05) is 134 Å². The maximum absolute atomic E-state index is 4.78. The third-order valence-electron chi connectivity index (χ3n) is 8.84. The molecule has 0 aliphatic rings. The molecule has 0 fully saturated rings. The van der Waals surface area contributed by atoms with Gasteiger partial charge in [-0.2, -0.15) is 0 Å². The zero-order valence-corrected chi connectivity index (χ0v) is 33.1. The van der Waals surface area contributed by atoms with Crippen LogP contribution >= 0.6 is 0 Å². The zero-order valence-electron chi connectivity index (χ0n) is 31.4. The second-order valence-electron chi connectivity index (χ2n) is 12.4. The standard InChI is InChI=1S/C26H22N6.2C10H8N2.Ru/c1-5-19-23(6-2)31(3)25(29-19)21-15-17(11-13-27-21)18-12-14-28-22(16-18)26-30-20-9-7-8-10-24(20)32(26)4;2*1-3-7-11-9(5-1)10-6-2-4-8-12-10;/h5-16H,1-2H2,3-4H3;2*1-8H;. The summed E-state index contributed by atoms with van der Waals surface area (Å²) < 4.78 is 4.05. The fraction of sp³-hybridized carbons (Fsp3) is 0.0435. The van der Waals surface area contributed by atoms with E-state index < -0.39 is 0 Å². The van der Waals surface area contributed by atoms with Crippen molar-refractivity contribution in [2.75, 3.05) is 0 Å². The van der Waals surface area contributed by atoms with Gasteiger partial charge in [-0.1, -0.05) is 49.6 Å². The summed E-state index contributed by atoms with van der Waals surface area (Å²) in [6, 6.07) is 39.4. The smallest absolute Gasteiger partial charge is 0.159 e. The van der Waals surface area contributed by atoms with Crippen molar-refractivity contribution in [3.63, 3.8) is 0 Å². The van der Waals surface area contributed by atoms with E-state index in [0.29, 0.717) is 0 Å². The van der Waals surface area contributed by atoms with E-state index in [1.54, 1.807) is 43.1 Å². The fourth-order valence-corrected chi connectivity index (χ4v) is 6.05. The van der Waals surface area contributed by atoms with Crippen LogP contribution in [0.25, 0.3) is 80.1 Å². The topological polar surface area (TPSA) is 113 Å². The summed E-state index contributed by atoms with van der Waals surface area (Å²) >= 11 is 0. The van der Waals surface area contributed by atoms with Crippen molar-refractivity contribution in [3.8, 4) is 56.9 Å². The predicted molar refractivity (Wildman–Crippen MR) is 224 cm³/mol. The van der Waals surface area contributed by atoms with Gasteiger partial charge in [0, 0.05) is 70.8 Å². The first-order valence-electron chi connectivity index (χ1n) is 17.8. The molecule has 0 spiro atoms. The zero-order chi connectivity index (χ0) is 38.7. The molecule has 0 atom stereocenters. The van der Waals surface area contributed by atoms with Gasteiger partial charge in [-0.05, 0) is 108 Å². The van der Waals surface area contributed by atoms with E-state index in [4.69, 9.17) is 9.97 Å². The van der Waals surface area contributed by atoms with Gasteiger partial charge in [0.25, 0.3) is 0 Å². The van der Waals surface area contributed by atoms with Crippen molar-refractivity contribution in [1.82, 2.24) is 49.0 Å². The summed E-state index contributed by atoms with van der Waals surface area (Å²) in [6.07, 6.45) is 14.2. The van der Waals surface area contributed by atoms with Crippen molar-refractivity contribution in [2.45, 2.75) is 0 Å². The Morgan fingerprint density at radius 2 is 0.860 bits per heavy atom. The minimum Gasteiger partial charge on any atom is -0.326 e. The number of aromatic nitrogens is 10. The van der Waals surface area contributed by atoms with Crippen molar-refractivity contribution < 1.29 is 19.5 Å². The summed E-state index contributed by atoms with van der Waals surface area (Å²) in [5.74, 6) is 1.60. The van der Waals surface area contributed by atoms with Crippen LogP contribution in [0, 0.1) is 0 Å². The Bertz CT molecular complexity index is 2550. The molecule has 10 nitrogen and oxygen atoms in total. The average Bonchev–Trinajstić information content (AvgIpc) is 3.80. The van der Waals surface area contributed by atoms with E-state index in [-0.39, 0.29) is 19.5 Å². The van der Waals surface area contributed by atoms with Crippen LogP contribution in [-0.4, -0.2) is 49.0 Å². The predicted octanol–water partition coefficient (Wildman–Crippen LogP) is 9.67. The Labute approximate surface area is 344 Å². The summed E-state index contributed by atoms with van der Waals surface area (Å²) in [6.45, 7) is 7.75. The second kappa shape index (κ2) is 19.0. The van der Waals surface area contributed by atoms with Gasteiger partial charge in [0.1, 0.15) is 11.4 Å².